The fourth-order valence-electron chi connectivity index (χ4n) is 14.0. The van der Waals surface area contributed by atoms with Crippen LogP contribution < -0.4 is 16.8 Å². The van der Waals surface area contributed by atoms with Crippen LogP contribution in [0.4, 0.5) is 0 Å². The molecular weight excluding hydrogens is 1810 g/mol. The summed E-state index contributed by atoms with van der Waals surface area (Å²) in [6.45, 7) is -11.4. The Morgan fingerprint density at radius 2 is 0.968 bits per heavy atom. The highest BCUT2D eigenvalue weighted by atomic mass is 31.3. The molecule has 0 saturated carbocycles. The second kappa shape index (κ2) is 45.9. The minimum atomic E-state index is -6.44. The van der Waals surface area contributed by atoms with Crippen LogP contribution in [0.25, 0.3) is 0 Å². The number of nitrogens with two attached hydrogens (primary N) is 2. The summed E-state index contributed by atoms with van der Waals surface area (Å²) in [5.74, 6) is -15.9. The Balaban J connectivity index is 1.48. The van der Waals surface area contributed by atoms with E-state index in [-0.39, 0.29) is 0 Å². The second-order valence-corrected chi connectivity index (χ2v) is 34.5. The smallest absolute Gasteiger partial charge is 0.477 e. The monoisotopic (exact) mass is 1920 g/mol. The number of hydrogen-bond donors (Lipinski definition) is 31. The number of carbonyl (C=O) groups excluding carboxylic acids is 3. The van der Waals surface area contributed by atoms with Crippen molar-refractivity contribution >= 4 is 61.1 Å². The first-order chi connectivity index (χ1) is 58.2. The van der Waals surface area contributed by atoms with Crippen molar-refractivity contribution in [1.82, 2.24) is 5.32 Å². The van der Waals surface area contributed by atoms with Gasteiger partial charge in [0.05, 0.1) is 71.6 Å². The third-order valence-corrected chi connectivity index (χ3v) is 23.9. The maximum atomic E-state index is 13.8. The molecular formula is C60H105N3O58P4. The van der Waals surface area contributed by atoms with Crippen LogP contribution in [0.5, 0.6) is 0 Å². The first-order valence-corrected chi connectivity index (χ1v) is 43.2. The van der Waals surface area contributed by atoms with Crippen molar-refractivity contribution in [2.45, 2.75) is 272 Å². The minimum Gasteiger partial charge on any atom is -0.477 e. The molecule has 7 saturated heterocycles. The summed E-state index contributed by atoms with van der Waals surface area (Å²) in [6, 6.07) is -1.89. The molecule has 7 heterocycles. The highest BCUT2D eigenvalue weighted by molar-refractivity contribution is 7.61. The van der Waals surface area contributed by atoms with Gasteiger partial charge in [0.15, 0.2) is 49.8 Å². The predicted molar refractivity (Wildman–Crippen MR) is 378 cm³/mol. The molecule has 42 atom stereocenters. The lowest BCUT2D eigenvalue weighted by Crippen LogP contribution is -2.71. The molecule has 33 N–H and O–H groups in total. The Kier molecular flexibility index (Phi) is 39.8. The summed E-state index contributed by atoms with van der Waals surface area (Å²) in [7, 11) is -23.6. The molecule has 0 spiro atoms. The number of nitrogens with one attached hydrogen (secondary N) is 1. The lowest BCUT2D eigenvalue weighted by molar-refractivity contribution is -0.421. The molecule has 65 heteroatoms. The molecule has 0 aromatic heterocycles. The highest BCUT2D eigenvalue weighted by Crippen LogP contribution is 2.62. The van der Waals surface area contributed by atoms with Crippen molar-refractivity contribution in [3.8, 4) is 0 Å². The molecule has 7 aliphatic rings. The fraction of sp³-hybridized carbons (Fsp3) is 0.917. The van der Waals surface area contributed by atoms with Gasteiger partial charge < -0.3 is 230 Å². The van der Waals surface area contributed by atoms with Crippen LogP contribution in [0.2, 0.25) is 0 Å². The van der Waals surface area contributed by atoms with Gasteiger partial charge in [-0.1, -0.05) is 0 Å². The zero-order chi connectivity index (χ0) is 94.0. The second-order valence-electron chi connectivity index (χ2n) is 28.8. The summed E-state index contributed by atoms with van der Waals surface area (Å²) in [5.41, 5.74) is 10.7. The molecule has 7 aliphatic heterocycles. The van der Waals surface area contributed by atoms with E-state index in [1.807, 2.05) is 0 Å². The van der Waals surface area contributed by atoms with Crippen LogP contribution in [-0.4, -0.2) is 483 Å². The van der Waals surface area contributed by atoms with Gasteiger partial charge in [-0.15, -0.1) is 0 Å². The van der Waals surface area contributed by atoms with E-state index < -0.39 is 385 Å². The first-order valence-electron chi connectivity index (χ1n) is 37.2. The number of ether oxygens (including phenoxy) is 15. The number of aliphatic hydroxyl groups excluding tert-OH is 20. The number of rotatable bonds is 44. The molecule has 0 bridgehead atoms. The third-order valence-electron chi connectivity index (χ3n) is 19.7. The number of esters is 2. The minimum absolute atomic E-state index is 0.552. The van der Waals surface area contributed by atoms with Gasteiger partial charge in [0.2, 0.25) is 5.91 Å². The van der Waals surface area contributed by atoms with Crippen molar-refractivity contribution in [2.75, 3.05) is 72.6 Å². The van der Waals surface area contributed by atoms with Gasteiger partial charge in [-0.25, -0.2) is 27.8 Å². The quantitative estimate of drug-likeness (QED) is 0.0199. The number of aliphatic hydroxyl groups is 21. The van der Waals surface area contributed by atoms with E-state index in [9.17, 15) is 184 Å². The number of carboxylic acid groups (broad SMARTS) is 2. The van der Waals surface area contributed by atoms with Crippen LogP contribution in [0.3, 0.4) is 0 Å². The van der Waals surface area contributed by atoms with E-state index in [4.69, 9.17) is 96.1 Å². The Morgan fingerprint density at radius 1 is 0.472 bits per heavy atom. The molecule has 1 amide bonds. The zero-order valence-electron chi connectivity index (χ0n) is 65.3. The number of aliphatic carboxylic acids is 2. The predicted octanol–water partition coefficient (Wildman–Crippen LogP) is -17.4. The largest absolute Gasteiger partial charge is 0.481 e. The van der Waals surface area contributed by atoms with E-state index >= 15 is 0 Å². The van der Waals surface area contributed by atoms with Gasteiger partial charge in [0.1, 0.15) is 165 Å². The summed E-state index contributed by atoms with van der Waals surface area (Å²) >= 11 is 0. The molecule has 125 heavy (non-hydrogen) atoms. The van der Waals surface area contributed by atoms with Crippen LogP contribution >= 0.6 is 31.3 Å². The average Bonchev–Trinajstić information content (AvgIpc) is 0.748. The normalized spacial score (nSPS) is 40.9. The summed E-state index contributed by atoms with van der Waals surface area (Å²) in [4.78, 5) is 116. The number of hydrogen-bond acceptors (Lipinski definition) is 53. The molecule has 7 fully saturated rings. The first kappa shape index (κ1) is 108. The molecule has 0 aliphatic carbocycles. The van der Waals surface area contributed by atoms with Gasteiger partial charge in [-0.2, -0.15) is 4.31 Å². The fourth-order valence-corrected chi connectivity index (χ4v) is 17.5. The number of amides is 1. The molecule has 7 rings (SSSR count). The van der Waals surface area contributed by atoms with Crippen LogP contribution in [0.1, 0.15) is 33.6 Å². The molecule has 61 nitrogen and oxygen atoms in total. The van der Waals surface area contributed by atoms with E-state index in [2.05, 4.69) is 18.7 Å². The van der Waals surface area contributed by atoms with Crippen molar-refractivity contribution in [3.63, 3.8) is 0 Å². The van der Waals surface area contributed by atoms with Crippen LogP contribution in [-0.2, 0) is 140 Å². The zero-order valence-corrected chi connectivity index (χ0v) is 68.8. The topological polar surface area (TPSA) is 978 Å². The van der Waals surface area contributed by atoms with Crippen LogP contribution in [0.15, 0.2) is 0 Å². The lowest BCUT2D eigenvalue weighted by Gasteiger charge is -2.53. The SMILES string of the molecule is CC(=O)N[C@H]1[C@H]([C@H](O)[C@H](O)CO)O[C@@](O[C@@H]2[C@@H](O)[C@H](O[C@@H]3[C@@H](O[C@@H]4[C@@H](O[C@@H]5[C@H](O)[C@@H](O[C@H]6[C@@H]([C@H](O)CO)O[C@@](O)(C(=O)O)C[C@H]6OP(=O)(O)OP(=O)(O)OCCN)O[C@H]([C@@H](O)CO)[C@H]5O[C@@H]5O[C@H](COP(=O)(O)O)[C@@H](OC(C)=O)[C@H](O)[C@H]5O)O[C@H]([C@H](CO)OP(=O)(O)OCCN)[C@@H](O)[C@@H]4O)O[C@H]([C@@H](O)CO)[C@@H](O)[C@@H]3OC(C)=O)O[C@H](CO)[C@H]2O)(C(=O)O)C[C@@H]1O. The van der Waals surface area contributed by atoms with Crippen molar-refractivity contribution < 1.29 is 282 Å². The number of phosphoric acid groups is 4. The maximum absolute atomic E-state index is 13.8. The Bertz CT molecular complexity index is 3690. The van der Waals surface area contributed by atoms with Gasteiger partial charge in [0.25, 0.3) is 11.6 Å². The van der Waals surface area contributed by atoms with Gasteiger partial charge in [-0.3, -0.25) is 37.0 Å². The molecule has 3 unspecified atom stereocenters. The van der Waals surface area contributed by atoms with Gasteiger partial charge in [0, 0.05) is 46.7 Å². The maximum Gasteiger partial charge on any atom is 0.481 e. The molecule has 0 aromatic rings. The average molecular weight is 1920 g/mol. The van der Waals surface area contributed by atoms with Crippen molar-refractivity contribution in [3.05, 3.63) is 0 Å². The molecule has 728 valence electrons. The van der Waals surface area contributed by atoms with Gasteiger partial charge in [-0.05, 0) is 0 Å². The summed E-state index contributed by atoms with van der Waals surface area (Å²) < 4.78 is 168. The summed E-state index contributed by atoms with van der Waals surface area (Å²) in [6.07, 6.45) is -102. The Morgan fingerprint density at radius 3 is 1.51 bits per heavy atom. The van der Waals surface area contributed by atoms with E-state index in [0.29, 0.717) is 13.8 Å². The molecule has 0 aromatic carbocycles. The third kappa shape index (κ3) is 27.1. The standard InChI is InChI=1S/C60H105N3O58P4/c1-17(70)63-29-20(73)8-60(58(89)90,117-45(29)30(78)21(74)10-64)118-46-31(79)26(14-68)106-53(37(46)85)115-51-47(105-19(3)72)36(84)39(22(75)11-65)108-56(51)113-49-33(81)32(80)42(27(15-69)120-123(95,96)101-6-4-61)110-55(49)112-48-38(86)54(109-40(23(76)12-66)50(48)114-52-35(83)34(82)43(104-18(2)71)28(107-52)16-103-122(92,93)94)111-44-25(119-125(99,100)121-124(97,98)102-7-5-62)9-59(91,57(87)88)116-41(44)24(77)13-67/h20-56,64-69,73-86,91H,4-16,61-62H2,1-3H3,(H,63,70)(H,87,88)(H,89,90)(H,95,96)(H,97,98)(H,99,100)(H2,92,93,94)/t20-,21+,22-,23-,24+,25+,26+,27-,28+,29+,30+,31+,32-,33-,34+,35+,36+,37+,38-,39+,40+,41+,42+,43+,44+,45+,46-,47-,48+,49-,50+,51-,52-,53-,54+,55+,56+,59+,60-/m0/s1. The van der Waals surface area contributed by atoms with Crippen LogP contribution in [0, 0.1) is 0 Å². The number of phosphoric ester groups is 4. The Labute approximate surface area is 702 Å². The Hall–Kier alpha value is -3.61. The van der Waals surface area contributed by atoms with E-state index in [1.165, 1.54) is 0 Å². The van der Waals surface area contributed by atoms with Crippen molar-refractivity contribution in [1.29, 1.82) is 0 Å². The van der Waals surface area contributed by atoms with E-state index in [0.717, 1.165) is 6.92 Å². The van der Waals surface area contributed by atoms with E-state index in [1.54, 1.807) is 0 Å². The van der Waals surface area contributed by atoms with Crippen molar-refractivity contribution in [2.24, 2.45) is 11.5 Å². The highest BCUT2D eigenvalue weighted by Gasteiger charge is 2.66. The number of carbonyl (C=O) groups is 5. The number of carboxylic acids is 2. The van der Waals surface area contributed by atoms with Gasteiger partial charge >= 0.3 is 55.2 Å². The lowest BCUT2D eigenvalue weighted by atomic mass is 9.88. The summed E-state index contributed by atoms with van der Waals surface area (Å²) in [5, 5.41) is 263. The molecule has 0 radical (unpaired) electrons.